The predicted molar refractivity (Wildman–Crippen MR) is 104 cm³/mol. The van der Waals surface area contributed by atoms with Crippen molar-refractivity contribution in [3.05, 3.63) is 54.1 Å². The third-order valence-corrected chi connectivity index (χ3v) is 3.98. The molecule has 0 aliphatic heterocycles. The van der Waals surface area contributed by atoms with Crippen LogP contribution in [0.5, 0.6) is 11.5 Å². The molecule has 26 heavy (non-hydrogen) atoms. The molecule has 2 rings (SSSR count). The van der Waals surface area contributed by atoms with E-state index in [1.165, 1.54) is 0 Å². The lowest BCUT2D eigenvalue weighted by molar-refractivity contribution is 0.243. The fourth-order valence-electron chi connectivity index (χ4n) is 2.61. The zero-order valence-electron chi connectivity index (χ0n) is 15.8. The minimum Gasteiger partial charge on any atom is -0.497 e. The maximum Gasteiger partial charge on any atom is 0.319 e. The number of carbonyl (C=O) groups is 1. The summed E-state index contributed by atoms with van der Waals surface area (Å²) in [5.41, 5.74) is 1.80. The van der Waals surface area contributed by atoms with Crippen LogP contribution in [0.15, 0.2) is 48.5 Å². The Kier molecular flexibility index (Phi) is 7.29. The lowest BCUT2D eigenvalue weighted by Gasteiger charge is -2.25. The molecule has 6 nitrogen and oxygen atoms in total. The lowest BCUT2D eigenvalue weighted by Crippen LogP contribution is -2.36. The first kappa shape index (κ1) is 19.6. The second kappa shape index (κ2) is 9.68. The van der Waals surface area contributed by atoms with Crippen molar-refractivity contribution in [3.63, 3.8) is 0 Å². The van der Waals surface area contributed by atoms with Crippen LogP contribution in [0.4, 0.5) is 10.5 Å². The van der Waals surface area contributed by atoms with Crippen LogP contribution in [-0.2, 0) is 0 Å². The number of likely N-dealkylation sites (N-methyl/N-ethyl adjacent to an activating group) is 1. The number of carbonyl (C=O) groups excluding carboxylic acids is 1. The lowest BCUT2D eigenvalue weighted by atomic mass is 10.1. The van der Waals surface area contributed by atoms with E-state index in [2.05, 4.69) is 15.5 Å². The number of nitrogens with zero attached hydrogens (tertiary/aromatic N) is 1. The quantitative estimate of drug-likeness (QED) is 0.759. The van der Waals surface area contributed by atoms with Crippen molar-refractivity contribution in [2.45, 2.75) is 13.0 Å². The number of anilines is 1. The van der Waals surface area contributed by atoms with E-state index in [1.54, 1.807) is 7.11 Å². The first-order valence-electron chi connectivity index (χ1n) is 8.61. The fourth-order valence-corrected chi connectivity index (χ4v) is 2.61. The SMILES string of the molecule is CCOc1ccc(NC(=O)NCC(c2cccc(OC)c2)N(C)C)cc1. The molecule has 0 heterocycles. The summed E-state index contributed by atoms with van der Waals surface area (Å²) in [6, 6.07) is 14.9. The number of urea groups is 1. The Morgan fingerprint density at radius 3 is 2.46 bits per heavy atom. The van der Waals surface area contributed by atoms with Crippen LogP contribution in [0.3, 0.4) is 0 Å². The van der Waals surface area contributed by atoms with E-state index in [4.69, 9.17) is 9.47 Å². The Labute approximate surface area is 155 Å². The van der Waals surface area contributed by atoms with Gasteiger partial charge in [-0.2, -0.15) is 0 Å². The Morgan fingerprint density at radius 1 is 1.12 bits per heavy atom. The average molecular weight is 357 g/mol. The first-order valence-corrected chi connectivity index (χ1v) is 8.61. The second-order valence-corrected chi connectivity index (χ2v) is 6.05. The summed E-state index contributed by atoms with van der Waals surface area (Å²) in [6.07, 6.45) is 0. The zero-order chi connectivity index (χ0) is 18.9. The Morgan fingerprint density at radius 2 is 1.85 bits per heavy atom. The average Bonchev–Trinajstić information content (AvgIpc) is 2.63. The van der Waals surface area contributed by atoms with E-state index in [0.29, 0.717) is 18.8 Å². The highest BCUT2D eigenvalue weighted by molar-refractivity contribution is 5.89. The maximum absolute atomic E-state index is 12.2. The van der Waals surface area contributed by atoms with Crippen LogP contribution < -0.4 is 20.1 Å². The third-order valence-electron chi connectivity index (χ3n) is 3.98. The van der Waals surface area contributed by atoms with Crippen LogP contribution in [0.1, 0.15) is 18.5 Å². The smallest absolute Gasteiger partial charge is 0.319 e. The summed E-state index contributed by atoms with van der Waals surface area (Å²) >= 11 is 0. The highest BCUT2D eigenvalue weighted by Crippen LogP contribution is 2.22. The van der Waals surface area contributed by atoms with Gasteiger partial charge in [0.2, 0.25) is 0 Å². The van der Waals surface area contributed by atoms with Crippen LogP contribution in [0.2, 0.25) is 0 Å². The molecule has 2 aromatic rings. The number of methoxy groups -OCH3 is 1. The molecule has 0 spiro atoms. The van der Waals surface area contributed by atoms with Gasteiger partial charge >= 0.3 is 6.03 Å². The molecule has 0 saturated carbocycles. The van der Waals surface area contributed by atoms with Gasteiger partial charge in [-0.1, -0.05) is 12.1 Å². The van der Waals surface area contributed by atoms with Gasteiger partial charge in [0.05, 0.1) is 19.8 Å². The molecule has 2 amide bonds. The number of amides is 2. The minimum atomic E-state index is -0.246. The molecular weight excluding hydrogens is 330 g/mol. The molecule has 6 heteroatoms. The number of hydrogen-bond donors (Lipinski definition) is 2. The Balaban J connectivity index is 1.94. The largest absolute Gasteiger partial charge is 0.497 e. The summed E-state index contributed by atoms with van der Waals surface area (Å²) < 4.78 is 10.7. The van der Waals surface area contributed by atoms with Crippen molar-refractivity contribution in [1.29, 1.82) is 0 Å². The molecule has 0 aliphatic carbocycles. The fraction of sp³-hybridized carbons (Fsp3) is 0.350. The van der Waals surface area contributed by atoms with E-state index in [-0.39, 0.29) is 12.1 Å². The van der Waals surface area contributed by atoms with Gasteiger partial charge < -0.3 is 25.0 Å². The van der Waals surface area contributed by atoms with Gasteiger partial charge in [0.15, 0.2) is 0 Å². The van der Waals surface area contributed by atoms with Gasteiger partial charge in [-0.25, -0.2) is 4.79 Å². The van der Waals surface area contributed by atoms with Crippen molar-refractivity contribution < 1.29 is 14.3 Å². The van der Waals surface area contributed by atoms with Crippen LogP contribution in [0, 0.1) is 0 Å². The van der Waals surface area contributed by atoms with Crippen LogP contribution >= 0.6 is 0 Å². The number of nitrogens with one attached hydrogen (secondary N) is 2. The normalized spacial score (nSPS) is 11.7. The van der Waals surface area contributed by atoms with Crippen LogP contribution in [0.25, 0.3) is 0 Å². The first-order chi connectivity index (χ1) is 12.5. The molecule has 0 radical (unpaired) electrons. The molecule has 0 fully saturated rings. The van der Waals surface area contributed by atoms with Crippen molar-refractivity contribution in [2.75, 3.05) is 39.7 Å². The molecule has 2 N–H and O–H groups in total. The van der Waals surface area contributed by atoms with Gasteiger partial charge in [0, 0.05) is 12.2 Å². The monoisotopic (exact) mass is 357 g/mol. The van der Waals surface area contributed by atoms with Crippen molar-refractivity contribution in [1.82, 2.24) is 10.2 Å². The molecule has 0 saturated heterocycles. The maximum atomic E-state index is 12.2. The van der Waals surface area contributed by atoms with E-state index in [0.717, 1.165) is 17.1 Å². The zero-order valence-corrected chi connectivity index (χ0v) is 15.8. The number of rotatable bonds is 8. The standard InChI is InChI=1S/C20H27N3O3/c1-5-26-17-11-9-16(10-12-17)22-20(24)21-14-19(23(2)3)15-7-6-8-18(13-15)25-4/h6-13,19H,5,14H2,1-4H3,(H2,21,22,24). The molecule has 0 aliphatic rings. The summed E-state index contributed by atoms with van der Waals surface area (Å²) in [4.78, 5) is 14.3. The van der Waals surface area contributed by atoms with Crippen molar-refractivity contribution in [3.8, 4) is 11.5 Å². The van der Waals surface area contributed by atoms with Gasteiger partial charge in [0.1, 0.15) is 11.5 Å². The van der Waals surface area contributed by atoms with Crippen molar-refractivity contribution in [2.24, 2.45) is 0 Å². The molecule has 1 atom stereocenters. The van der Waals surface area contributed by atoms with Crippen molar-refractivity contribution >= 4 is 11.7 Å². The minimum absolute atomic E-state index is 0.0381. The molecule has 0 aromatic heterocycles. The second-order valence-electron chi connectivity index (χ2n) is 6.05. The van der Waals surface area contributed by atoms with E-state index >= 15 is 0 Å². The summed E-state index contributed by atoms with van der Waals surface area (Å²) in [5.74, 6) is 1.58. The highest BCUT2D eigenvalue weighted by atomic mass is 16.5. The summed E-state index contributed by atoms with van der Waals surface area (Å²) in [5, 5.41) is 5.76. The predicted octanol–water partition coefficient (Wildman–Crippen LogP) is 3.52. The Hall–Kier alpha value is -2.73. The van der Waals surface area contributed by atoms with Gasteiger partial charge in [0.25, 0.3) is 0 Å². The van der Waals surface area contributed by atoms with E-state index in [1.807, 2.05) is 69.6 Å². The molecule has 1 unspecified atom stereocenters. The summed E-state index contributed by atoms with van der Waals surface area (Å²) in [7, 11) is 5.61. The van der Waals surface area contributed by atoms with Gasteiger partial charge in [-0.05, 0) is 63.0 Å². The third kappa shape index (κ3) is 5.67. The number of benzene rings is 2. The number of hydrogen-bond acceptors (Lipinski definition) is 4. The molecule has 0 bridgehead atoms. The molecular formula is C20H27N3O3. The van der Waals surface area contributed by atoms with E-state index in [9.17, 15) is 4.79 Å². The summed E-state index contributed by atoms with van der Waals surface area (Å²) in [6.45, 7) is 3.02. The van der Waals surface area contributed by atoms with Crippen LogP contribution in [-0.4, -0.2) is 45.3 Å². The molecule has 2 aromatic carbocycles. The molecule has 140 valence electrons. The van der Waals surface area contributed by atoms with Gasteiger partial charge in [-0.15, -0.1) is 0 Å². The topological polar surface area (TPSA) is 62.8 Å². The Bertz CT molecular complexity index is 702. The van der Waals surface area contributed by atoms with Gasteiger partial charge in [-0.3, -0.25) is 0 Å². The van der Waals surface area contributed by atoms with E-state index < -0.39 is 0 Å². The highest BCUT2D eigenvalue weighted by Gasteiger charge is 2.16. The number of ether oxygens (including phenoxy) is 2.